The van der Waals surface area contributed by atoms with E-state index in [1.54, 1.807) is 0 Å². The molecule has 1 N–H and O–H groups in total. The number of fused-ring (bicyclic) bond motifs is 1. The third-order valence-corrected chi connectivity index (χ3v) is 6.74. The largest absolute Gasteiger partial charge is 0.483 e. The molecule has 1 aliphatic rings. The number of aromatic nitrogens is 3. The molecule has 0 radical (unpaired) electrons. The normalized spacial score (nSPS) is 14.3. The molecule has 8 nitrogen and oxygen atoms in total. The molecule has 1 atom stereocenters. The van der Waals surface area contributed by atoms with Crippen LogP contribution in [0, 0.1) is 20.8 Å². The van der Waals surface area contributed by atoms with Gasteiger partial charge < -0.3 is 15.0 Å². The van der Waals surface area contributed by atoms with Crippen molar-refractivity contribution < 1.29 is 14.3 Å². The van der Waals surface area contributed by atoms with Gasteiger partial charge in [-0.1, -0.05) is 25.1 Å². The summed E-state index contributed by atoms with van der Waals surface area (Å²) in [6.45, 7) is 9.61. The summed E-state index contributed by atoms with van der Waals surface area (Å²) in [6.07, 6.45) is 3.75. The summed E-state index contributed by atoms with van der Waals surface area (Å²) >= 11 is 0. The summed E-state index contributed by atoms with van der Waals surface area (Å²) in [4.78, 5) is 31.9. The van der Waals surface area contributed by atoms with Gasteiger partial charge in [0.15, 0.2) is 12.3 Å². The van der Waals surface area contributed by atoms with E-state index in [0.29, 0.717) is 25.0 Å². The van der Waals surface area contributed by atoms with Gasteiger partial charge in [0.05, 0.1) is 11.7 Å². The molecule has 2 aromatic heterocycles. The molecule has 1 aromatic carbocycles. The Balaban J connectivity index is 1.40. The van der Waals surface area contributed by atoms with Crippen LogP contribution in [0.25, 0.3) is 5.65 Å². The van der Waals surface area contributed by atoms with Crippen LogP contribution in [0.5, 0.6) is 5.75 Å². The number of carbonyl (C=O) groups is 2. The van der Waals surface area contributed by atoms with E-state index in [9.17, 15) is 9.59 Å². The second-order valence-corrected chi connectivity index (χ2v) is 9.26. The summed E-state index contributed by atoms with van der Waals surface area (Å²) in [5.74, 6) is 0.621. The molecule has 0 aliphatic carbocycles. The van der Waals surface area contributed by atoms with Crippen molar-refractivity contribution in [1.82, 2.24) is 24.8 Å². The summed E-state index contributed by atoms with van der Waals surface area (Å²) in [5.41, 5.74) is 5.63. The molecule has 3 aromatic rings. The van der Waals surface area contributed by atoms with E-state index in [1.807, 2.05) is 67.4 Å². The standard InChI is InChI=1S/C27H35N5O3/c1-5-23(22-10-6-7-11-24(22)35-17-27(34)31-14-8-9-15-31)29-26(33)13-12-21-19(3)28-25-16-18(2)30-32(25)20(21)4/h6-7,10-11,16,23H,5,8-9,12-15,17H2,1-4H3,(H,29,33). The molecule has 35 heavy (non-hydrogen) atoms. The average Bonchev–Trinajstić information content (AvgIpc) is 3.51. The minimum absolute atomic E-state index is 0.0121. The van der Waals surface area contributed by atoms with E-state index in [0.717, 1.165) is 59.8 Å². The third-order valence-electron chi connectivity index (χ3n) is 6.74. The molecule has 1 unspecified atom stereocenters. The Morgan fingerprint density at radius 2 is 1.89 bits per heavy atom. The van der Waals surface area contributed by atoms with E-state index in [4.69, 9.17) is 4.74 Å². The van der Waals surface area contributed by atoms with Crippen LogP contribution < -0.4 is 10.1 Å². The lowest BCUT2D eigenvalue weighted by Crippen LogP contribution is -2.33. The molecular weight excluding hydrogens is 442 g/mol. The predicted molar refractivity (Wildman–Crippen MR) is 134 cm³/mol. The fraction of sp³-hybridized carbons (Fsp3) is 0.481. The van der Waals surface area contributed by atoms with Gasteiger partial charge in [-0.15, -0.1) is 0 Å². The van der Waals surface area contributed by atoms with Gasteiger partial charge in [-0.05, 0) is 58.1 Å². The Kier molecular flexibility index (Phi) is 7.68. The van der Waals surface area contributed by atoms with Crippen molar-refractivity contribution in [2.24, 2.45) is 0 Å². The van der Waals surface area contributed by atoms with Gasteiger partial charge in [0.1, 0.15) is 5.75 Å². The summed E-state index contributed by atoms with van der Waals surface area (Å²) < 4.78 is 7.77. The van der Waals surface area contributed by atoms with Gasteiger partial charge >= 0.3 is 0 Å². The van der Waals surface area contributed by atoms with Crippen LogP contribution in [0.2, 0.25) is 0 Å². The highest BCUT2D eigenvalue weighted by Crippen LogP contribution is 2.28. The Hall–Kier alpha value is -3.42. The predicted octanol–water partition coefficient (Wildman–Crippen LogP) is 3.86. The highest BCUT2D eigenvalue weighted by molar-refractivity contribution is 5.78. The van der Waals surface area contributed by atoms with Gasteiger partial charge in [0.2, 0.25) is 5.91 Å². The molecule has 186 valence electrons. The average molecular weight is 478 g/mol. The van der Waals surface area contributed by atoms with Gasteiger partial charge in [0.25, 0.3) is 5.91 Å². The number of carbonyl (C=O) groups excluding carboxylic acids is 2. The topological polar surface area (TPSA) is 88.8 Å². The lowest BCUT2D eigenvalue weighted by atomic mass is 10.0. The number of amides is 2. The SMILES string of the molecule is CCC(NC(=O)CCc1c(C)nc2cc(C)nn2c1C)c1ccccc1OCC(=O)N1CCCC1. The fourth-order valence-corrected chi connectivity index (χ4v) is 4.80. The Labute approximate surface area is 206 Å². The molecule has 1 saturated heterocycles. The minimum atomic E-state index is -0.197. The monoisotopic (exact) mass is 477 g/mol. The number of benzene rings is 1. The fourth-order valence-electron chi connectivity index (χ4n) is 4.80. The smallest absolute Gasteiger partial charge is 0.260 e. The molecule has 1 fully saturated rings. The van der Waals surface area contributed by atoms with Gasteiger partial charge in [-0.25, -0.2) is 9.50 Å². The molecule has 0 spiro atoms. The maximum atomic E-state index is 12.9. The Bertz CT molecular complexity index is 1210. The van der Waals surface area contributed by atoms with Crippen LogP contribution in [0.4, 0.5) is 0 Å². The van der Waals surface area contributed by atoms with Crippen LogP contribution in [0.1, 0.15) is 66.9 Å². The first-order chi connectivity index (χ1) is 16.9. The zero-order valence-corrected chi connectivity index (χ0v) is 21.1. The number of para-hydroxylation sites is 1. The van der Waals surface area contributed by atoms with Gasteiger partial charge in [-0.2, -0.15) is 5.10 Å². The van der Waals surface area contributed by atoms with Crippen molar-refractivity contribution in [3.63, 3.8) is 0 Å². The third kappa shape index (κ3) is 5.63. The molecule has 8 heteroatoms. The number of aryl methyl sites for hydroxylation is 3. The van der Waals surface area contributed by atoms with E-state index < -0.39 is 0 Å². The lowest BCUT2D eigenvalue weighted by molar-refractivity contribution is -0.132. The molecular formula is C27H35N5O3. The molecule has 2 amide bonds. The highest BCUT2D eigenvalue weighted by Gasteiger charge is 2.21. The highest BCUT2D eigenvalue weighted by atomic mass is 16.5. The van der Waals surface area contributed by atoms with Crippen molar-refractivity contribution in [3.05, 3.63) is 58.5 Å². The van der Waals surface area contributed by atoms with Gasteiger partial charge in [-0.3, -0.25) is 9.59 Å². The number of hydrogen-bond donors (Lipinski definition) is 1. The molecule has 3 heterocycles. The summed E-state index contributed by atoms with van der Waals surface area (Å²) in [5, 5.41) is 7.68. The summed E-state index contributed by atoms with van der Waals surface area (Å²) in [6, 6.07) is 9.40. The van der Waals surface area contributed by atoms with E-state index in [1.165, 1.54) is 0 Å². The van der Waals surface area contributed by atoms with E-state index >= 15 is 0 Å². The number of rotatable bonds is 9. The second kappa shape index (κ2) is 10.9. The zero-order valence-electron chi connectivity index (χ0n) is 21.1. The van der Waals surface area contributed by atoms with Crippen molar-refractivity contribution >= 4 is 17.5 Å². The Morgan fingerprint density at radius 3 is 2.63 bits per heavy atom. The van der Waals surface area contributed by atoms with Crippen molar-refractivity contribution in [1.29, 1.82) is 0 Å². The van der Waals surface area contributed by atoms with Crippen LogP contribution in [0.15, 0.2) is 30.3 Å². The number of nitrogens with zero attached hydrogens (tertiary/aromatic N) is 4. The quantitative estimate of drug-likeness (QED) is 0.506. The number of hydrogen-bond acceptors (Lipinski definition) is 5. The molecule has 4 rings (SSSR count). The maximum Gasteiger partial charge on any atom is 0.260 e. The molecule has 0 bridgehead atoms. The van der Waals surface area contributed by atoms with E-state index in [-0.39, 0.29) is 24.5 Å². The van der Waals surface area contributed by atoms with Crippen molar-refractivity contribution in [2.45, 2.75) is 65.8 Å². The zero-order chi connectivity index (χ0) is 24.9. The lowest BCUT2D eigenvalue weighted by Gasteiger charge is -2.22. The van der Waals surface area contributed by atoms with Crippen LogP contribution in [-0.4, -0.2) is 51.0 Å². The molecule has 1 aliphatic heterocycles. The Morgan fingerprint density at radius 1 is 1.14 bits per heavy atom. The summed E-state index contributed by atoms with van der Waals surface area (Å²) in [7, 11) is 0. The van der Waals surface area contributed by atoms with Crippen molar-refractivity contribution in [2.75, 3.05) is 19.7 Å². The van der Waals surface area contributed by atoms with Crippen molar-refractivity contribution in [3.8, 4) is 5.75 Å². The first kappa shape index (κ1) is 24.7. The van der Waals surface area contributed by atoms with Crippen LogP contribution in [-0.2, 0) is 16.0 Å². The van der Waals surface area contributed by atoms with Gasteiger partial charge in [0, 0.05) is 42.5 Å². The van der Waals surface area contributed by atoms with Crippen LogP contribution >= 0.6 is 0 Å². The minimum Gasteiger partial charge on any atom is -0.483 e. The second-order valence-electron chi connectivity index (χ2n) is 9.26. The van der Waals surface area contributed by atoms with Crippen LogP contribution in [0.3, 0.4) is 0 Å². The van der Waals surface area contributed by atoms with E-state index in [2.05, 4.69) is 15.4 Å². The first-order valence-corrected chi connectivity index (χ1v) is 12.5. The first-order valence-electron chi connectivity index (χ1n) is 12.5. The number of nitrogens with one attached hydrogen (secondary N) is 1. The number of ether oxygens (including phenoxy) is 1. The molecule has 0 saturated carbocycles. The maximum absolute atomic E-state index is 12.9. The number of likely N-dealkylation sites (tertiary alicyclic amines) is 1.